The lowest BCUT2D eigenvalue weighted by Crippen LogP contribution is -2.08. The number of para-hydroxylation sites is 2. The fraction of sp³-hybridized carbons (Fsp3) is 0.375. The number of ether oxygens (including phenoxy) is 1. The molecule has 1 aromatic heterocycles. The lowest BCUT2D eigenvalue weighted by molar-refractivity contribution is 0.318. The first kappa shape index (κ1) is 13.8. The standard InChI is InChI=1S/C16H18ClNOS/c1-2-9-19-14-6-4-3-5-13(14)18-12-7-8-15-11(12)10-16(17)20-15/h3-6,10,12,18H,2,7-9H2,1H3. The molecule has 0 aliphatic heterocycles. The van der Waals surface area contributed by atoms with E-state index in [0.29, 0.717) is 6.04 Å². The van der Waals surface area contributed by atoms with Crippen molar-refractivity contribution < 1.29 is 4.74 Å². The van der Waals surface area contributed by atoms with Crippen molar-refractivity contribution in [3.63, 3.8) is 0 Å². The van der Waals surface area contributed by atoms with Crippen molar-refractivity contribution in [3.05, 3.63) is 45.1 Å². The number of anilines is 1. The van der Waals surface area contributed by atoms with E-state index < -0.39 is 0 Å². The van der Waals surface area contributed by atoms with E-state index >= 15 is 0 Å². The maximum Gasteiger partial charge on any atom is 0.142 e. The van der Waals surface area contributed by atoms with Crippen molar-refractivity contribution >= 4 is 28.6 Å². The van der Waals surface area contributed by atoms with Crippen LogP contribution in [0.15, 0.2) is 30.3 Å². The molecule has 1 unspecified atom stereocenters. The Hall–Kier alpha value is -1.19. The molecule has 0 fully saturated rings. The van der Waals surface area contributed by atoms with Crippen molar-refractivity contribution in [1.82, 2.24) is 0 Å². The van der Waals surface area contributed by atoms with Crippen LogP contribution in [-0.4, -0.2) is 6.61 Å². The van der Waals surface area contributed by atoms with Gasteiger partial charge in [0.2, 0.25) is 0 Å². The third-order valence-corrected chi connectivity index (χ3v) is 4.87. The number of fused-ring (bicyclic) bond motifs is 1. The van der Waals surface area contributed by atoms with E-state index in [1.165, 1.54) is 10.4 Å². The second-order valence-corrected chi connectivity index (χ2v) is 6.78. The van der Waals surface area contributed by atoms with Gasteiger partial charge in [-0.1, -0.05) is 30.7 Å². The minimum atomic E-state index is 0.347. The third kappa shape index (κ3) is 2.79. The van der Waals surface area contributed by atoms with E-state index in [0.717, 1.165) is 41.6 Å². The van der Waals surface area contributed by atoms with Crippen molar-refractivity contribution in [2.75, 3.05) is 11.9 Å². The fourth-order valence-electron chi connectivity index (χ4n) is 2.59. The summed E-state index contributed by atoms with van der Waals surface area (Å²) in [5, 5.41) is 3.61. The first-order chi connectivity index (χ1) is 9.78. The quantitative estimate of drug-likeness (QED) is 0.810. The lowest BCUT2D eigenvalue weighted by Gasteiger charge is -2.18. The smallest absolute Gasteiger partial charge is 0.142 e. The van der Waals surface area contributed by atoms with Crippen molar-refractivity contribution in [3.8, 4) is 5.75 Å². The van der Waals surface area contributed by atoms with E-state index in [-0.39, 0.29) is 0 Å². The van der Waals surface area contributed by atoms with Crippen LogP contribution in [-0.2, 0) is 6.42 Å². The molecule has 3 rings (SSSR count). The molecule has 20 heavy (non-hydrogen) atoms. The van der Waals surface area contributed by atoms with Gasteiger partial charge in [0.1, 0.15) is 5.75 Å². The highest BCUT2D eigenvalue weighted by Gasteiger charge is 2.25. The highest BCUT2D eigenvalue weighted by Crippen LogP contribution is 2.41. The maximum absolute atomic E-state index is 6.11. The summed E-state index contributed by atoms with van der Waals surface area (Å²) in [6.07, 6.45) is 3.25. The fourth-order valence-corrected chi connectivity index (χ4v) is 3.95. The van der Waals surface area contributed by atoms with Crippen LogP contribution < -0.4 is 10.1 Å². The van der Waals surface area contributed by atoms with Gasteiger partial charge in [-0.2, -0.15) is 0 Å². The second-order valence-electron chi connectivity index (χ2n) is 5.01. The summed E-state index contributed by atoms with van der Waals surface area (Å²) in [5.41, 5.74) is 2.42. The zero-order chi connectivity index (χ0) is 13.9. The maximum atomic E-state index is 6.11. The molecule has 0 radical (unpaired) electrons. The lowest BCUT2D eigenvalue weighted by atomic mass is 10.1. The average molecular weight is 308 g/mol. The number of rotatable bonds is 5. The zero-order valence-corrected chi connectivity index (χ0v) is 13.1. The van der Waals surface area contributed by atoms with E-state index in [1.807, 2.05) is 18.2 Å². The van der Waals surface area contributed by atoms with Crippen LogP contribution in [0.2, 0.25) is 4.34 Å². The summed E-state index contributed by atoms with van der Waals surface area (Å²) in [6.45, 7) is 2.87. The minimum Gasteiger partial charge on any atom is -0.491 e. The monoisotopic (exact) mass is 307 g/mol. The average Bonchev–Trinajstić information content (AvgIpc) is 2.98. The molecule has 0 bridgehead atoms. The van der Waals surface area contributed by atoms with Gasteiger partial charge in [0.25, 0.3) is 0 Å². The summed E-state index contributed by atoms with van der Waals surface area (Å²) in [5.74, 6) is 0.934. The molecule has 1 aliphatic carbocycles. The Balaban J connectivity index is 1.78. The normalized spacial score (nSPS) is 17.0. The van der Waals surface area contributed by atoms with Crippen LogP contribution in [0.4, 0.5) is 5.69 Å². The molecule has 1 heterocycles. The van der Waals surface area contributed by atoms with E-state index in [1.54, 1.807) is 11.3 Å². The van der Waals surface area contributed by atoms with Gasteiger partial charge in [-0.15, -0.1) is 11.3 Å². The Labute approximate surface area is 128 Å². The molecule has 0 spiro atoms. The van der Waals surface area contributed by atoms with Gasteiger partial charge in [-0.25, -0.2) is 0 Å². The van der Waals surface area contributed by atoms with Gasteiger partial charge in [-0.3, -0.25) is 0 Å². The Morgan fingerprint density at radius 2 is 2.25 bits per heavy atom. The van der Waals surface area contributed by atoms with Gasteiger partial charge in [0, 0.05) is 4.88 Å². The first-order valence-corrected chi connectivity index (χ1v) is 8.24. The predicted octanol–water partition coefficient (Wildman–Crippen LogP) is 5.29. The summed E-state index contributed by atoms with van der Waals surface area (Å²) in [7, 11) is 0. The highest BCUT2D eigenvalue weighted by atomic mass is 35.5. The summed E-state index contributed by atoms with van der Waals surface area (Å²) >= 11 is 7.82. The third-order valence-electron chi connectivity index (χ3n) is 3.53. The van der Waals surface area contributed by atoms with Crippen molar-refractivity contribution in [2.24, 2.45) is 0 Å². The van der Waals surface area contributed by atoms with E-state index in [4.69, 9.17) is 16.3 Å². The molecule has 1 aromatic carbocycles. The van der Waals surface area contributed by atoms with Crippen LogP contribution in [0.1, 0.15) is 36.2 Å². The molecule has 0 saturated carbocycles. The largest absolute Gasteiger partial charge is 0.491 e. The van der Waals surface area contributed by atoms with Crippen molar-refractivity contribution in [2.45, 2.75) is 32.2 Å². The number of thiophene rings is 1. The summed E-state index contributed by atoms with van der Waals surface area (Å²) < 4.78 is 6.69. The van der Waals surface area contributed by atoms with Gasteiger partial charge < -0.3 is 10.1 Å². The van der Waals surface area contributed by atoms with Crippen LogP contribution in [0.25, 0.3) is 0 Å². The zero-order valence-electron chi connectivity index (χ0n) is 11.5. The van der Waals surface area contributed by atoms with Crippen molar-refractivity contribution in [1.29, 1.82) is 0 Å². The van der Waals surface area contributed by atoms with Crippen LogP contribution >= 0.6 is 22.9 Å². The number of benzene rings is 1. The number of aryl methyl sites for hydroxylation is 1. The summed E-state index contributed by atoms with van der Waals surface area (Å²) in [6, 6.07) is 10.6. The number of hydrogen-bond donors (Lipinski definition) is 1. The van der Waals surface area contributed by atoms with E-state index in [9.17, 15) is 0 Å². The molecule has 106 valence electrons. The second kappa shape index (κ2) is 6.06. The molecule has 1 atom stereocenters. The molecule has 2 aromatic rings. The Morgan fingerprint density at radius 1 is 1.40 bits per heavy atom. The molecule has 0 amide bonds. The summed E-state index contributed by atoms with van der Waals surface area (Å²) in [4.78, 5) is 1.42. The molecule has 1 N–H and O–H groups in total. The SMILES string of the molecule is CCCOc1ccccc1NC1CCc2sc(Cl)cc21. The number of halogens is 1. The van der Waals surface area contributed by atoms with Gasteiger partial charge in [0.15, 0.2) is 0 Å². The van der Waals surface area contributed by atoms with Crippen LogP contribution in [0.3, 0.4) is 0 Å². The van der Waals surface area contributed by atoms with Crippen LogP contribution in [0, 0.1) is 0 Å². The Kier molecular flexibility index (Phi) is 4.18. The topological polar surface area (TPSA) is 21.3 Å². The Bertz CT molecular complexity index is 596. The predicted molar refractivity (Wildman–Crippen MR) is 86.2 cm³/mol. The molecule has 2 nitrogen and oxygen atoms in total. The molecule has 4 heteroatoms. The van der Waals surface area contributed by atoms with Gasteiger partial charge in [0.05, 0.1) is 22.7 Å². The molecule has 0 saturated heterocycles. The number of nitrogens with one attached hydrogen (secondary N) is 1. The Morgan fingerprint density at radius 3 is 3.10 bits per heavy atom. The first-order valence-electron chi connectivity index (χ1n) is 7.04. The molecule has 1 aliphatic rings. The molecular formula is C16H18ClNOS. The highest BCUT2D eigenvalue weighted by molar-refractivity contribution is 7.16. The minimum absolute atomic E-state index is 0.347. The molecular weight excluding hydrogens is 290 g/mol. The van der Waals surface area contributed by atoms with Gasteiger partial charge in [-0.05, 0) is 43.0 Å². The van der Waals surface area contributed by atoms with E-state index in [2.05, 4.69) is 24.4 Å². The van der Waals surface area contributed by atoms with Gasteiger partial charge >= 0.3 is 0 Å². The van der Waals surface area contributed by atoms with Crippen LogP contribution in [0.5, 0.6) is 5.75 Å². The number of hydrogen-bond acceptors (Lipinski definition) is 3.